The van der Waals surface area contributed by atoms with Gasteiger partial charge in [-0.05, 0) is 62.4 Å². The summed E-state index contributed by atoms with van der Waals surface area (Å²) >= 11 is 0. The number of fused-ring (bicyclic) bond motifs is 1. The standard InChI is InChI=1S/C31H31N5O.C8H19NO2/c1-20-10-13-22(14-11-20)24-16-17-27(26-9-7-6-8-25(24)26)33-30(37)34-29-18-28(31(3,4)5)35-36(29)23-15-12-21(2)32-19-23;1-3-10-7-5-9-6-8-11-4-2/h6-19H,1-5H3,(H2,33,34,37);9H,3-8H2,1-2H3. The lowest BCUT2D eigenvalue weighted by Crippen LogP contribution is -2.23. The summed E-state index contributed by atoms with van der Waals surface area (Å²) < 4.78 is 12.0. The fourth-order valence-corrected chi connectivity index (χ4v) is 4.98. The maximum atomic E-state index is 13.2. The minimum Gasteiger partial charge on any atom is -0.380 e. The average molecular weight is 651 g/mol. The summed E-state index contributed by atoms with van der Waals surface area (Å²) in [6.07, 6.45) is 1.76. The molecule has 0 atom stereocenters. The molecule has 2 heterocycles. The van der Waals surface area contributed by atoms with Crippen molar-refractivity contribution in [3.8, 4) is 16.8 Å². The molecule has 0 aliphatic carbocycles. The Balaban J connectivity index is 0.000000408. The lowest BCUT2D eigenvalue weighted by atomic mass is 9.92. The van der Waals surface area contributed by atoms with Gasteiger partial charge in [-0.2, -0.15) is 5.10 Å². The molecule has 9 nitrogen and oxygen atoms in total. The molecule has 48 heavy (non-hydrogen) atoms. The number of rotatable bonds is 12. The Bertz CT molecular complexity index is 1730. The number of urea groups is 1. The smallest absolute Gasteiger partial charge is 0.324 e. The quantitative estimate of drug-likeness (QED) is 0.117. The maximum absolute atomic E-state index is 13.2. The van der Waals surface area contributed by atoms with Crippen molar-refractivity contribution in [1.29, 1.82) is 0 Å². The third-order valence-electron chi connectivity index (χ3n) is 7.65. The van der Waals surface area contributed by atoms with E-state index in [2.05, 4.69) is 85.0 Å². The lowest BCUT2D eigenvalue weighted by Gasteiger charge is -2.14. The number of carbonyl (C=O) groups excluding carboxylic acids is 1. The molecule has 254 valence electrons. The zero-order valence-corrected chi connectivity index (χ0v) is 29.4. The zero-order chi connectivity index (χ0) is 34.5. The first-order chi connectivity index (χ1) is 23.1. The van der Waals surface area contributed by atoms with Crippen LogP contribution in [0.15, 0.2) is 85.1 Å². The van der Waals surface area contributed by atoms with Crippen LogP contribution >= 0.6 is 0 Å². The number of anilines is 2. The Hall–Kier alpha value is -4.57. The molecule has 2 amide bonds. The van der Waals surface area contributed by atoms with Crippen LogP contribution in [0.25, 0.3) is 27.6 Å². The highest BCUT2D eigenvalue weighted by Crippen LogP contribution is 2.34. The molecule has 0 aliphatic rings. The summed E-state index contributed by atoms with van der Waals surface area (Å²) in [4.78, 5) is 17.6. The first-order valence-electron chi connectivity index (χ1n) is 16.7. The largest absolute Gasteiger partial charge is 0.380 e. The van der Waals surface area contributed by atoms with E-state index in [9.17, 15) is 4.79 Å². The van der Waals surface area contributed by atoms with Crippen molar-refractivity contribution in [1.82, 2.24) is 20.1 Å². The van der Waals surface area contributed by atoms with Crippen molar-refractivity contribution in [2.24, 2.45) is 0 Å². The molecule has 0 saturated heterocycles. The van der Waals surface area contributed by atoms with Crippen LogP contribution in [0, 0.1) is 13.8 Å². The number of aromatic nitrogens is 3. The summed E-state index contributed by atoms with van der Waals surface area (Å²) in [5.74, 6) is 0.577. The van der Waals surface area contributed by atoms with Crippen molar-refractivity contribution in [3.63, 3.8) is 0 Å². The lowest BCUT2D eigenvalue weighted by molar-refractivity contribution is 0.133. The van der Waals surface area contributed by atoms with E-state index in [0.717, 1.165) is 84.2 Å². The summed E-state index contributed by atoms with van der Waals surface area (Å²) in [6, 6.07) is 26.1. The van der Waals surface area contributed by atoms with Crippen molar-refractivity contribution in [3.05, 3.63) is 102 Å². The Kier molecular flexibility index (Phi) is 13.3. The minimum atomic E-state index is -0.338. The van der Waals surface area contributed by atoms with Crippen LogP contribution in [0.1, 0.15) is 51.6 Å². The third kappa shape index (κ3) is 10.2. The van der Waals surface area contributed by atoms with Crippen molar-refractivity contribution in [2.75, 3.05) is 50.2 Å². The molecule has 0 saturated carbocycles. The average Bonchev–Trinajstić information content (AvgIpc) is 3.50. The van der Waals surface area contributed by atoms with Gasteiger partial charge in [-0.25, -0.2) is 9.48 Å². The number of aryl methyl sites for hydroxylation is 2. The summed E-state index contributed by atoms with van der Waals surface area (Å²) in [5, 5.41) is 16.1. The van der Waals surface area contributed by atoms with E-state index in [1.54, 1.807) is 10.9 Å². The van der Waals surface area contributed by atoms with Gasteiger partial charge in [0.2, 0.25) is 0 Å². The van der Waals surface area contributed by atoms with Crippen LogP contribution in [-0.4, -0.2) is 60.3 Å². The van der Waals surface area contributed by atoms with Crippen LogP contribution in [0.4, 0.5) is 16.3 Å². The van der Waals surface area contributed by atoms with Crippen molar-refractivity contribution in [2.45, 2.75) is 53.9 Å². The molecule has 0 unspecified atom stereocenters. The first kappa shape index (κ1) is 36.3. The van der Waals surface area contributed by atoms with Gasteiger partial charge in [0.15, 0.2) is 0 Å². The maximum Gasteiger partial charge on any atom is 0.324 e. The van der Waals surface area contributed by atoms with Gasteiger partial charge < -0.3 is 20.1 Å². The van der Waals surface area contributed by atoms with Gasteiger partial charge in [0.25, 0.3) is 0 Å². The number of pyridine rings is 1. The van der Waals surface area contributed by atoms with Gasteiger partial charge in [-0.3, -0.25) is 10.3 Å². The zero-order valence-electron chi connectivity index (χ0n) is 29.4. The number of nitrogens with zero attached hydrogens (tertiary/aromatic N) is 3. The summed E-state index contributed by atoms with van der Waals surface area (Å²) in [7, 11) is 0. The molecule has 0 radical (unpaired) electrons. The molecule has 3 aromatic carbocycles. The highest BCUT2D eigenvalue weighted by atomic mass is 16.5. The highest BCUT2D eigenvalue weighted by molar-refractivity contribution is 6.09. The Labute approximate surface area is 285 Å². The fourth-order valence-electron chi connectivity index (χ4n) is 4.98. The SMILES string of the molecule is CCOCCNCCOCC.Cc1ccc(-c2ccc(NC(=O)Nc3cc(C(C)(C)C)nn3-c3ccc(C)nc3)c3ccccc23)cc1. The Morgan fingerprint density at radius 1 is 0.812 bits per heavy atom. The minimum absolute atomic E-state index is 0.182. The van der Waals surface area contributed by atoms with E-state index in [1.807, 2.05) is 63.2 Å². The number of amides is 2. The molecular weight excluding hydrogens is 600 g/mol. The van der Waals surface area contributed by atoms with Crippen molar-refractivity contribution < 1.29 is 14.3 Å². The molecule has 0 bridgehead atoms. The summed E-state index contributed by atoms with van der Waals surface area (Å²) in [5.41, 5.74) is 6.62. The van der Waals surface area contributed by atoms with Gasteiger partial charge >= 0.3 is 6.03 Å². The Morgan fingerprint density at radius 2 is 1.48 bits per heavy atom. The predicted octanol–water partition coefficient (Wildman–Crippen LogP) is 8.29. The topological polar surface area (TPSA) is 102 Å². The van der Waals surface area contributed by atoms with E-state index < -0.39 is 0 Å². The fraction of sp³-hybridized carbons (Fsp3) is 0.359. The van der Waals surface area contributed by atoms with E-state index in [0.29, 0.717) is 5.82 Å². The molecule has 0 fully saturated rings. The Morgan fingerprint density at radius 3 is 2.08 bits per heavy atom. The molecular formula is C39H50N6O3. The number of ether oxygens (including phenoxy) is 2. The molecule has 5 aromatic rings. The number of hydrogen-bond acceptors (Lipinski definition) is 6. The third-order valence-corrected chi connectivity index (χ3v) is 7.65. The number of hydrogen-bond donors (Lipinski definition) is 3. The van der Waals surface area contributed by atoms with Crippen molar-refractivity contribution >= 4 is 28.3 Å². The van der Waals surface area contributed by atoms with E-state index in [1.165, 1.54) is 5.56 Å². The van der Waals surface area contributed by atoms with Crippen LogP contribution in [0.3, 0.4) is 0 Å². The molecule has 0 aliphatic heterocycles. The predicted molar refractivity (Wildman–Crippen MR) is 197 cm³/mol. The van der Waals surface area contributed by atoms with Gasteiger partial charge in [0.05, 0.1) is 36.5 Å². The second-order valence-corrected chi connectivity index (χ2v) is 12.5. The molecule has 0 spiro atoms. The van der Waals surface area contributed by atoms with Crippen LogP contribution in [0.5, 0.6) is 0 Å². The number of carbonyl (C=O) groups is 1. The van der Waals surface area contributed by atoms with Crippen LogP contribution < -0.4 is 16.0 Å². The van der Waals surface area contributed by atoms with Gasteiger partial charge in [-0.15, -0.1) is 0 Å². The van der Waals surface area contributed by atoms with E-state index in [-0.39, 0.29) is 11.4 Å². The van der Waals surface area contributed by atoms with Gasteiger partial charge in [-0.1, -0.05) is 80.9 Å². The number of nitrogens with one attached hydrogen (secondary N) is 3. The monoisotopic (exact) mass is 650 g/mol. The highest BCUT2D eigenvalue weighted by Gasteiger charge is 2.22. The normalized spacial score (nSPS) is 11.2. The molecule has 2 aromatic heterocycles. The van der Waals surface area contributed by atoms with Gasteiger partial charge in [0, 0.05) is 48.9 Å². The second kappa shape index (κ2) is 17.5. The van der Waals surface area contributed by atoms with E-state index >= 15 is 0 Å². The van der Waals surface area contributed by atoms with Crippen LogP contribution in [-0.2, 0) is 14.9 Å². The first-order valence-corrected chi connectivity index (χ1v) is 16.7. The molecule has 5 rings (SSSR count). The molecule has 9 heteroatoms. The number of benzene rings is 3. The summed E-state index contributed by atoms with van der Waals surface area (Å²) in [6.45, 7) is 19.3. The molecule has 3 N–H and O–H groups in total. The van der Waals surface area contributed by atoms with Gasteiger partial charge in [0.1, 0.15) is 5.82 Å². The second-order valence-electron chi connectivity index (χ2n) is 12.5. The van der Waals surface area contributed by atoms with E-state index in [4.69, 9.17) is 14.6 Å². The van der Waals surface area contributed by atoms with Crippen LogP contribution in [0.2, 0.25) is 0 Å².